The number of nitrogens with one attached hydrogen (secondary N) is 1. The third-order valence-electron chi connectivity index (χ3n) is 6.11. The molecule has 32 heavy (non-hydrogen) atoms. The molecule has 0 saturated carbocycles. The zero-order valence-corrected chi connectivity index (χ0v) is 20.3. The highest BCUT2D eigenvalue weighted by Crippen LogP contribution is 2.23. The van der Waals surface area contributed by atoms with Crippen LogP contribution in [0.4, 0.5) is 5.69 Å². The van der Waals surface area contributed by atoms with E-state index in [-0.39, 0.29) is 0 Å². The zero-order valence-electron chi connectivity index (χ0n) is 19.4. The first kappa shape index (κ1) is 22.8. The molecule has 5 nitrogen and oxygen atoms in total. The molecule has 0 spiro atoms. The maximum Gasteiger partial charge on any atom is 0.173 e. The van der Waals surface area contributed by atoms with E-state index >= 15 is 0 Å². The van der Waals surface area contributed by atoms with Crippen LogP contribution in [0.25, 0.3) is 10.9 Å². The minimum absolute atomic E-state index is 0.782. The van der Waals surface area contributed by atoms with Gasteiger partial charge in [0.05, 0.1) is 13.2 Å². The SMILES string of the molecule is Cc1cc(C)cc(NC(=S)N(CCCN2CCOCC2)Cc2cn(C)c3ccccc23)c1. The van der Waals surface area contributed by atoms with E-state index in [4.69, 9.17) is 17.0 Å². The molecule has 3 aromatic rings. The average Bonchev–Trinajstić information content (AvgIpc) is 3.08. The highest BCUT2D eigenvalue weighted by molar-refractivity contribution is 7.80. The molecular weight excluding hydrogens is 416 g/mol. The predicted octanol–water partition coefficient (Wildman–Crippen LogP) is 4.72. The van der Waals surface area contributed by atoms with E-state index in [1.54, 1.807) is 0 Å². The lowest BCUT2D eigenvalue weighted by Gasteiger charge is -2.29. The van der Waals surface area contributed by atoms with Gasteiger partial charge >= 0.3 is 0 Å². The van der Waals surface area contributed by atoms with Crippen LogP contribution >= 0.6 is 12.2 Å². The number of hydrogen-bond donors (Lipinski definition) is 1. The Labute approximate surface area is 197 Å². The number of ether oxygens (including phenoxy) is 1. The number of aromatic nitrogens is 1. The van der Waals surface area contributed by atoms with Crippen LogP contribution in [0.15, 0.2) is 48.7 Å². The van der Waals surface area contributed by atoms with Gasteiger partial charge in [0.2, 0.25) is 0 Å². The molecular formula is C26H34N4OS. The summed E-state index contributed by atoms with van der Waals surface area (Å²) in [6, 6.07) is 15.1. The number of rotatable bonds is 7. The summed E-state index contributed by atoms with van der Waals surface area (Å²) in [7, 11) is 2.11. The number of para-hydroxylation sites is 1. The molecule has 2 aromatic carbocycles. The van der Waals surface area contributed by atoms with Crippen LogP contribution in [0.3, 0.4) is 0 Å². The summed E-state index contributed by atoms with van der Waals surface area (Å²) in [6.07, 6.45) is 3.30. The normalized spacial score (nSPS) is 14.6. The van der Waals surface area contributed by atoms with E-state index in [2.05, 4.69) is 89.2 Å². The van der Waals surface area contributed by atoms with Crippen LogP contribution in [-0.4, -0.2) is 58.9 Å². The molecule has 0 bridgehead atoms. The molecule has 0 unspecified atom stereocenters. The maximum atomic E-state index is 5.92. The van der Waals surface area contributed by atoms with Gasteiger partial charge in [0.1, 0.15) is 0 Å². The maximum absolute atomic E-state index is 5.92. The van der Waals surface area contributed by atoms with Crippen molar-refractivity contribution in [3.63, 3.8) is 0 Å². The smallest absolute Gasteiger partial charge is 0.173 e. The number of aryl methyl sites for hydroxylation is 3. The zero-order chi connectivity index (χ0) is 22.5. The van der Waals surface area contributed by atoms with Gasteiger partial charge in [-0.1, -0.05) is 24.3 Å². The molecule has 0 aliphatic carbocycles. The van der Waals surface area contributed by atoms with Crippen LogP contribution in [0.2, 0.25) is 0 Å². The number of thiocarbonyl (C=S) groups is 1. The monoisotopic (exact) mass is 450 g/mol. The average molecular weight is 451 g/mol. The number of benzene rings is 2. The lowest BCUT2D eigenvalue weighted by molar-refractivity contribution is 0.0368. The Morgan fingerprint density at radius 1 is 1.09 bits per heavy atom. The largest absolute Gasteiger partial charge is 0.379 e. The molecule has 1 N–H and O–H groups in total. The molecule has 1 aliphatic rings. The molecule has 2 heterocycles. The Balaban J connectivity index is 1.50. The Kier molecular flexibility index (Phi) is 7.45. The van der Waals surface area contributed by atoms with Crippen LogP contribution < -0.4 is 5.32 Å². The Hall–Kier alpha value is -2.41. The second kappa shape index (κ2) is 10.5. The highest BCUT2D eigenvalue weighted by Gasteiger charge is 2.16. The number of hydrogen-bond acceptors (Lipinski definition) is 3. The topological polar surface area (TPSA) is 32.7 Å². The second-order valence-corrected chi connectivity index (χ2v) is 9.20. The number of fused-ring (bicyclic) bond motifs is 1. The van der Waals surface area contributed by atoms with Crippen LogP contribution in [0.1, 0.15) is 23.1 Å². The Morgan fingerprint density at radius 2 is 1.81 bits per heavy atom. The fourth-order valence-electron chi connectivity index (χ4n) is 4.57. The van der Waals surface area contributed by atoms with Crippen LogP contribution in [-0.2, 0) is 18.3 Å². The molecule has 1 aromatic heterocycles. The Bertz CT molecular complexity index is 1050. The second-order valence-electron chi connectivity index (χ2n) is 8.82. The fourth-order valence-corrected chi connectivity index (χ4v) is 4.84. The first-order valence-electron chi connectivity index (χ1n) is 11.5. The van der Waals surface area contributed by atoms with E-state index < -0.39 is 0 Å². The summed E-state index contributed by atoms with van der Waals surface area (Å²) in [6.45, 7) is 10.7. The minimum atomic E-state index is 0.782. The Morgan fingerprint density at radius 3 is 2.56 bits per heavy atom. The summed E-state index contributed by atoms with van der Waals surface area (Å²) in [5.74, 6) is 0. The van der Waals surface area contributed by atoms with E-state index in [9.17, 15) is 0 Å². The van der Waals surface area contributed by atoms with Crippen molar-refractivity contribution in [1.29, 1.82) is 0 Å². The van der Waals surface area contributed by atoms with E-state index in [0.29, 0.717) is 0 Å². The summed E-state index contributed by atoms with van der Waals surface area (Å²) in [4.78, 5) is 4.80. The van der Waals surface area contributed by atoms with Gasteiger partial charge in [-0.2, -0.15) is 0 Å². The van der Waals surface area contributed by atoms with Crippen molar-refractivity contribution < 1.29 is 4.74 Å². The molecule has 1 fully saturated rings. The third kappa shape index (κ3) is 5.68. The van der Waals surface area contributed by atoms with Gasteiger partial charge in [-0.15, -0.1) is 0 Å². The fraction of sp³-hybridized carbons (Fsp3) is 0.423. The lowest BCUT2D eigenvalue weighted by atomic mass is 10.1. The van der Waals surface area contributed by atoms with Crippen molar-refractivity contribution in [2.24, 2.45) is 7.05 Å². The molecule has 0 amide bonds. The van der Waals surface area contributed by atoms with Gasteiger partial charge in [0.25, 0.3) is 0 Å². The summed E-state index contributed by atoms with van der Waals surface area (Å²) < 4.78 is 7.69. The third-order valence-corrected chi connectivity index (χ3v) is 6.47. The molecule has 4 rings (SSSR count). The van der Waals surface area contributed by atoms with Gasteiger partial charge in [0.15, 0.2) is 5.11 Å². The standard InChI is InChI=1S/C26H34N4OS/c1-20-15-21(2)17-23(16-20)27-26(32)30(10-6-9-29-11-13-31-14-12-29)19-22-18-28(3)25-8-5-4-7-24(22)25/h4-5,7-8,15-18H,6,9-14,19H2,1-3H3,(H,27,32). The van der Waals surface area contributed by atoms with Crippen molar-refractivity contribution >= 4 is 33.9 Å². The molecule has 170 valence electrons. The first-order chi connectivity index (χ1) is 15.5. The van der Waals surface area contributed by atoms with Crippen molar-refractivity contribution in [2.45, 2.75) is 26.8 Å². The van der Waals surface area contributed by atoms with Gasteiger partial charge in [-0.05, 0) is 67.4 Å². The molecule has 1 saturated heterocycles. The van der Waals surface area contributed by atoms with Crippen molar-refractivity contribution in [1.82, 2.24) is 14.4 Å². The van der Waals surface area contributed by atoms with Gasteiger partial charge in [0, 0.05) is 62.6 Å². The van der Waals surface area contributed by atoms with Crippen LogP contribution in [0.5, 0.6) is 0 Å². The summed E-state index contributed by atoms with van der Waals surface area (Å²) in [5.41, 5.74) is 6.10. The summed E-state index contributed by atoms with van der Waals surface area (Å²) in [5, 5.41) is 5.58. The predicted molar refractivity (Wildman–Crippen MR) is 137 cm³/mol. The van der Waals surface area contributed by atoms with Gasteiger partial charge in [-0.3, -0.25) is 4.90 Å². The number of morpholine rings is 1. The van der Waals surface area contributed by atoms with Crippen molar-refractivity contribution in [2.75, 3.05) is 44.7 Å². The molecule has 0 atom stereocenters. The minimum Gasteiger partial charge on any atom is -0.379 e. The highest BCUT2D eigenvalue weighted by atomic mass is 32.1. The van der Waals surface area contributed by atoms with Gasteiger partial charge in [-0.25, -0.2) is 0 Å². The number of anilines is 1. The van der Waals surface area contributed by atoms with Crippen molar-refractivity contribution in [3.8, 4) is 0 Å². The van der Waals surface area contributed by atoms with E-state index in [1.165, 1.54) is 27.6 Å². The first-order valence-corrected chi connectivity index (χ1v) is 11.9. The van der Waals surface area contributed by atoms with Crippen molar-refractivity contribution in [3.05, 3.63) is 65.4 Å². The van der Waals surface area contributed by atoms with Gasteiger partial charge < -0.3 is 19.5 Å². The molecule has 6 heteroatoms. The lowest BCUT2D eigenvalue weighted by Crippen LogP contribution is -2.40. The number of nitrogens with zero attached hydrogens (tertiary/aromatic N) is 3. The van der Waals surface area contributed by atoms with E-state index in [0.717, 1.165) is 63.2 Å². The summed E-state index contributed by atoms with van der Waals surface area (Å²) >= 11 is 5.92. The van der Waals surface area contributed by atoms with Crippen LogP contribution in [0, 0.1) is 13.8 Å². The molecule has 1 aliphatic heterocycles. The molecule has 0 radical (unpaired) electrons. The van der Waals surface area contributed by atoms with E-state index in [1.807, 2.05) is 0 Å². The quantitative estimate of drug-likeness (QED) is 0.527.